The van der Waals surface area contributed by atoms with Gasteiger partial charge in [-0.1, -0.05) is 65.8 Å². The molecule has 0 bridgehead atoms. The van der Waals surface area contributed by atoms with Crippen LogP contribution < -0.4 is 5.43 Å². The van der Waals surface area contributed by atoms with E-state index in [-0.39, 0.29) is 0 Å². The molecule has 0 amide bonds. The van der Waals surface area contributed by atoms with Crippen LogP contribution in [-0.2, 0) is 0 Å². The first-order chi connectivity index (χ1) is 9.33. The van der Waals surface area contributed by atoms with Crippen LogP contribution in [0.25, 0.3) is 5.70 Å². The lowest BCUT2D eigenvalue weighted by Crippen LogP contribution is -2.12. The van der Waals surface area contributed by atoms with Gasteiger partial charge in [-0.25, -0.2) is 0 Å². The second-order valence-electron chi connectivity index (χ2n) is 4.05. The molecule has 4 heteroatoms. The monoisotopic (exact) mass is 286 g/mol. The summed E-state index contributed by atoms with van der Waals surface area (Å²) < 4.78 is 0. The van der Waals surface area contributed by atoms with Crippen LogP contribution in [0.15, 0.2) is 65.1 Å². The molecule has 0 radical (unpaired) electrons. The molecular formula is C15H11ClN2S. The second kappa shape index (κ2) is 5.51. The second-order valence-corrected chi connectivity index (χ2v) is 5.35. The van der Waals surface area contributed by atoms with Crippen LogP contribution >= 0.6 is 23.4 Å². The van der Waals surface area contributed by atoms with Crippen molar-refractivity contribution in [2.45, 2.75) is 0 Å². The Hall–Kier alpha value is -1.71. The van der Waals surface area contributed by atoms with Crippen molar-refractivity contribution in [1.29, 1.82) is 0 Å². The van der Waals surface area contributed by atoms with Gasteiger partial charge in [-0.2, -0.15) is 5.10 Å². The SMILES string of the molecule is Clc1ccc(C2=CSC(c3ccccc3)=NN2)cc1. The molecule has 94 valence electrons. The molecular weight excluding hydrogens is 276 g/mol. The van der Waals surface area contributed by atoms with Crippen LogP contribution in [0.1, 0.15) is 11.1 Å². The predicted molar refractivity (Wildman–Crippen MR) is 83.1 cm³/mol. The van der Waals surface area contributed by atoms with Crippen molar-refractivity contribution in [1.82, 2.24) is 5.43 Å². The Balaban J connectivity index is 1.78. The molecule has 2 nitrogen and oxygen atoms in total. The fourth-order valence-corrected chi connectivity index (χ4v) is 2.67. The molecule has 2 aromatic rings. The van der Waals surface area contributed by atoms with Crippen molar-refractivity contribution in [2.75, 3.05) is 0 Å². The summed E-state index contributed by atoms with van der Waals surface area (Å²) in [5.74, 6) is 0. The summed E-state index contributed by atoms with van der Waals surface area (Å²) >= 11 is 7.50. The highest BCUT2D eigenvalue weighted by Gasteiger charge is 2.10. The maximum atomic E-state index is 5.88. The van der Waals surface area contributed by atoms with Crippen molar-refractivity contribution in [2.24, 2.45) is 5.10 Å². The molecule has 2 aromatic carbocycles. The van der Waals surface area contributed by atoms with E-state index in [9.17, 15) is 0 Å². The van der Waals surface area contributed by atoms with Gasteiger partial charge < -0.3 is 0 Å². The molecule has 0 aliphatic carbocycles. The number of hydrazone groups is 1. The minimum Gasteiger partial charge on any atom is -0.276 e. The van der Waals surface area contributed by atoms with Crippen LogP contribution in [0.3, 0.4) is 0 Å². The molecule has 0 unspecified atom stereocenters. The van der Waals surface area contributed by atoms with Gasteiger partial charge in [0.25, 0.3) is 0 Å². The normalized spacial score (nSPS) is 14.4. The van der Waals surface area contributed by atoms with Crippen molar-refractivity contribution < 1.29 is 0 Å². The number of thioether (sulfide) groups is 1. The molecule has 0 atom stereocenters. The fourth-order valence-electron chi connectivity index (χ4n) is 1.75. The molecule has 1 aliphatic rings. The number of benzene rings is 2. The Bertz CT molecular complexity index is 633. The highest BCUT2D eigenvalue weighted by molar-refractivity contribution is 8.17. The predicted octanol–water partition coefficient (Wildman–Crippen LogP) is 4.34. The van der Waals surface area contributed by atoms with E-state index in [2.05, 4.69) is 28.1 Å². The number of hydrogen-bond donors (Lipinski definition) is 1. The van der Waals surface area contributed by atoms with Gasteiger partial charge in [0.2, 0.25) is 0 Å². The average molecular weight is 287 g/mol. The standard InChI is InChI=1S/C15H11ClN2S/c16-13-8-6-11(7-9-13)14-10-19-15(18-17-14)12-4-2-1-3-5-12/h1-10,17H. The third kappa shape index (κ3) is 2.83. The Morgan fingerprint density at radius 1 is 0.895 bits per heavy atom. The highest BCUT2D eigenvalue weighted by atomic mass is 35.5. The van der Waals surface area contributed by atoms with Gasteiger partial charge in [0, 0.05) is 21.6 Å². The molecule has 0 saturated heterocycles. The van der Waals surface area contributed by atoms with E-state index in [1.165, 1.54) is 0 Å². The van der Waals surface area contributed by atoms with Gasteiger partial charge in [-0.15, -0.1) is 0 Å². The molecule has 0 saturated carbocycles. The van der Waals surface area contributed by atoms with Gasteiger partial charge in [0.1, 0.15) is 5.04 Å². The quantitative estimate of drug-likeness (QED) is 0.888. The van der Waals surface area contributed by atoms with E-state index in [1.54, 1.807) is 11.8 Å². The number of nitrogens with zero attached hydrogens (tertiary/aromatic N) is 1. The number of rotatable bonds is 2. The van der Waals surface area contributed by atoms with Crippen molar-refractivity contribution >= 4 is 34.1 Å². The average Bonchev–Trinajstić information content (AvgIpc) is 2.49. The summed E-state index contributed by atoms with van der Waals surface area (Å²) in [7, 11) is 0. The maximum Gasteiger partial charge on any atom is 0.128 e. The van der Waals surface area contributed by atoms with Crippen LogP contribution in [0.4, 0.5) is 0 Å². The first kappa shape index (κ1) is 12.3. The molecule has 1 aliphatic heterocycles. The van der Waals surface area contributed by atoms with Crippen LogP contribution in [0.2, 0.25) is 5.02 Å². The summed E-state index contributed by atoms with van der Waals surface area (Å²) in [6.07, 6.45) is 0. The maximum absolute atomic E-state index is 5.88. The number of halogens is 1. The van der Waals surface area contributed by atoms with Gasteiger partial charge >= 0.3 is 0 Å². The first-order valence-electron chi connectivity index (χ1n) is 5.85. The molecule has 1 N–H and O–H groups in total. The fraction of sp³-hybridized carbons (Fsp3) is 0. The third-order valence-electron chi connectivity index (χ3n) is 2.74. The summed E-state index contributed by atoms with van der Waals surface area (Å²) in [6.45, 7) is 0. The van der Waals surface area contributed by atoms with Gasteiger partial charge in [-0.3, -0.25) is 5.43 Å². The molecule has 0 fully saturated rings. The zero-order valence-electron chi connectivity index (χ0n) is 10.0. The number of nitrogens with one attached hydrogen (secondary N) is 1. The van der Waals surface area contributed by atoms with Gasteiger partial charge in [-0.05, 0) is 12.1 Å². The van der Waals surface area contributed by atoms with E-state index >= 15 is 0 Å². The summed E-state index contributed by atoms with van der Waals surface area (Å²) in [4.78, 5) is 0. The Morgan fingerprint density at radius 3 is 2.26 bits per heavy atom. The van der Waals surface area contributed by atoms with Crippen LogP contribution in [-0.4, -0.2) is 5.04 Å². The van der Waals surface area contributed by atoms with Crippen LogP contribution in [0, 0.1) is 0 Å². The number of hydrogen-bond acceptors (Lipinski definition) is 3. The minimum absolute atomic E-state index is 0.737. The molecule has 3 rings (SSSR count). The molecule has 0 aromatic heterocycles. The zero-order chi connectivity index (χ0) is 13.1. The summed E-state index contributed by atoms with van der Waals surface area (Å²) in [5.41, 5.74) is 6.27. The van der Waals surface area contributed by atoms with Crippen LogP contribution in [0.5, 0.6) is 0 Å². The Morgan fingerprint density at radius 2 is 1.63 bits per heavy atom. The minimum atomic E-state index is 0.737. The highest BCUT2D eigenvalue weighted by Crippen LogP contribution is 2.25. The smallest absolute Gasteiger partial charge is 0.128 e. The van der Waals surface area contributed by atoms with E-state index in [0.29, 0.717) is 0 Å². The third-order valence-corrected chi connectivity index (χ3v) is 3.90. The topological polar surface area (TPSA) is 24.4 Å². The Labute approximate surface area is 121 Å². The van der Waals surface area contributed by atoms with E-state index < -0.39 is 0 Å². The summed E-state index contributed by atoms with van der Waals surface area (Å²) in [6, 6.07) is 17.8. The molecule has 0 spiro atoms. The van der Waals surface area contributed by atoms with Crippen molar-refractivity contribution in [3.05, 3.63) is 76.2 Å². The summed E-state index contributed by atoms with van der Waals surface area (Å²) in [5, 5.41) is 8.18. The van der Waals surface area contributed by atoms with E-state index in [4.69, 9.17) is 11.6 Å². The van der Waals surface area contributed by atoms with Gasteiger partial charge in [0.15, 0.2) is 0 Å². The largest absolute Gasteiger partial charge is 0.276 e. The van der Waals surface area contributed by atoms with Crippen molar-refractivity contribution in [3.63, 3.8) is 0 Å². The van der Waals surface area contributed by atoms with E-state index in [1.807, 2.05) is 42.5 Å². The molecule has 1 heterocycles. The lowest BCUT2D eigenvalue weighted by molar-refractivity contribution is 0.996. The molecule has 19 heavy (non-hydrogen) atoms. The van der Waals surface area contributed by atoms with Crippen molar-refractivity contribution in [3.8, 4) is 0 Å². The lowest BCUT2D eigenvalue weighted by Gasteiger charge is -2.14. The first-order valence-corrected chi connectivity index (χ1v) is 7.10. The van der Waals surface area contributed by atoms with E-state index in [0.717, 1.165) is 26.9 Å². The Kier molecular flexibility index (Phi) is 3.58. The lowest BCUT2D eigenvalue weighted by atomic mass is 10.2. The van der Waals surface area contributed by atoms with Gasteiger partial charge in [0.05, 0.1) is 5.70 Å². The zero-order valence-corrected chi connectivity index (χ0v) is 11.6.